The van der Waals surface area contributed by atoms with E-state index in [0.29, 0.717) is 5.89 Å². The minimum Gasteiger partial charge on any atom is -0.489 e. The first-order valence-corrected chi connectivity index (χ1v) is 6.06. The number of nitrogens with one attached hydrogen (secondary N) is 1. The lowest BCUT2D eigenvalue weighted by Crippen LogP contribution is -2.37. The molecular weight excluding hydrogens is 216 g/mol. The number of aromatic nitrogens is 1. The molecule has 3 rings (SSSR count). The molecule has 4 nitrogen and oxygen atoms in total. The van der Waals surface area contributed by atoms with Gasteiger partial charge in [0, 0.05) is 19.5 Å². The molecule has 1 N–H and O–H groups in total. The van der Waals surface area contributed by atoms with Crippen LogP contribution < -0.4 is 10.1 Å². The molecule has 1 aromatic carbocycles. The molecular formula is C13H16N2O2. The maximum atomic E-state index is 5.93. The van der Waals surface area contributed by atoms with Gasteiger partial charge in [-0.15, -0.1) is 0 Å². The highest BCUT2D eigenvalue weighted by atomic mass is 16.5. The predicted molar refractivity (Wildman–Crippen MR) is 65.3 cm³/mol. The van der Waals surface area contributed by atoms with Gasteiger partial charge in [0.2, 0.25) is 0 Å². The molecule has 90 valence electrons. The minimum absolute atomic E-state index is 0.272. The molecule has 17 heavy (non-hydrogen) atoms. The summed E-state index contributed by atoms with van der Waals surface area (Å²) in [4.78, 5) is 4.30. The van der Waals surface area contributed by atoms with Crippen molar-refractivity contribution >= 4 is 11.1 Å². The summed E-state index contributed by atoms with van der Waals surface area (Å²) in [5, 5.41) is 3.34. The van der Waals surface area contributed by atoms with Crippen LogP contribution in [0.1, 0.15) is 18.7 Å². The summed E-state index contributed by atoms with van der Waals surface area (Å²) >= 11 is 0. The zero-order valence-corrected chi connectivity index (χ0v) is 9.90. The van der Waals surface area contributed by atoms with Gasteiger partial charge in [-0.2, -0.15) is 0 Å². The number of benzene rings is 1. The number of ether oxygens (including phenoxy) is 1. The summed E-state index contributed by atoms with van der Waals surface area (Å²) in [6, 6.07) is 5.81. The maximum Gasteiger partial charge on any atom is 0.192 e. The van der Waals surface area contributed by atoms with E-state index >= 15 is 0 Å². The first-order chi connectivity index (χ1) is 8.31. The number of nitrogens with zero attached hydrogens (tertiary/aromatic N) is 1. The van der Waals surface area contributed by atoms with Crippen molar-refractivity contribution < 1.29 is 9.15 Å². The van der Waals surface area contributed by atoms with Crippen molar-refractivity contribution in [3.8, 4) is 5.75 Å². The summed E-state index contributed by atoms with van der Waals surface area (Å²) in [5.74, 6) is 1.57. The molecule has 2 aromatic rings. The summed E-state index contributed by atoms with van der Waals surface area (Å²) in [5.41, 5.74) is 1.68. The van der Waals surface area contributed by atoms with Gasteiger partial charge in [-0.3, -0.25) is 0 Å². The molecule has 0 radical (unpaired) electrons. The summed E-state index contributed by atoms with van der Waals surface area (Å²) in [6.45, 7) is 3.88. The molecule has 0 aliphatic carbocycles. The van der Waals surface area contributed by atoms with E-state index in [1.807, 2.05) is 25.1 Å². The van der Waals surface area contributed by atoms with Crippen LogP contribution >= 0.6 is 0 Å². The van der Waals surface area contributed by atoms with E-state index < -0.39 is 0 Å². The van der Waals surface area contributed by atoms with Gasteiger partial charge in [0.05, 0.1) is 0 Å². The second-order valence-corrected chi connectivity index (χ2v) is 4.45. The SMILES string of the molecule is Cc1nc2cc(OC3CCCNC3)ccc2o1. The zero-order valence-electron chi connectivity index (χ0n) is 9.90. The third-order valence-electron chi connectivity index (χ3n) is 3.02. The van der Waals surface area contributed by atoms with E-state index in [1.165, 1.54) is 6.42 Å². The highest BCUT2D eigenvalue weighted by molar-refractivity contribution is 5.74. The van der Waals surface area contributed by atoms with E-state index in [9.17, 15) is 0 Å². The summed E-state index contributed by atoms with van der Waals surface area (Å²) in [7, 11) is 0. The van der Waals surface area contributed by atoms with E-state index in [2.05, 4.69) is 10.3 Å². The van der Waals surface area contributed by atoms with Crippen LogP contribution in [0.15, 0.2) is 22.6 Å². The Bertz CT molecular complexity index is 515. The number of fused-ring (bicyclic) bond motifs is 1. The van der Waals surface area contributed by atoms with Gasteiger partial charge >= 0.3 is 0 Å². The van der Waals surface area contributed by atoms with Gasteiger partial charge in [-0.1, -0.05) is 0 Å². The first kappa shape index (κ1) is 10.6. The molecule has 0 saturated carbocycles. The van der Waals surface area contributed by atoms with Crippen molar-refractivity contribution in [2.45, 2.75) is 25.9 Å². The number of aryl methyl sites for hydroxylation is 1. The van der Waals surface area contributed by atoms with Crippen molar-refractivity contribution in [3.05, 3.63) is 24.1 Å². The Balaban J connectivity index is 1.79. The van der Waals surface area contributed by atoms with Crippen molar-refractivity contribution in [2.24, 2.45) is 0 Å². The Labute approximate surface area is 100.0 Å². The van der Waals surface area contributed by atoms with Crippen LogP contribution in [0.4, 0.5) is 0 Å². The molecule has 1 fully saturated rings. The van der Waals surface area contributed by atoms with Crippen LogP contribution in [-0.2, 0) is 0 Å². The van der Waals surface area contributed by atoms with Crippen LogP contribution in [-0.4, -0.2) is 24.2 Å². The van der Waals surface area contributed by atoms with Crippen LogP contribution in [0.2, 0.25) is 0 Å². The van der Waals surface area contributed by atoms with E-state index in [4.69, 9.17) is 9.15 Å². The molecule has 1 aliphatic heterocycles. The van der Waals surface area contributed by atoms with E-state index in [-0.39, 0.29) is 6.10 Å². The second-order valence-electron chi connectivity index (χ2n) is 4.45. The van der Waals surface area contributed by atoms with Gasteiger partial charge < -0.3 is 14.5 Å². The van der Waals surface area contributed by atoms with E-state index in [0.717, 1.165) is 36.4 Å². The fraction of sp³-hybridized carbons (Fsp3) is 0.462. The lowest BCUT2D eigenvalue weighted by atomic mass is 10.1. The summed E-state index contributed by atoms with van der Waals surface area (Å²) in [6.07, 6.45) is 2.56. The van der Waals surface area contributed by atoms with Crippen molar-refractivity contribution in [1.82, 2.24) is 10.3 Å². The van der Waals surface area contributed by atoms with Gasteiger partial charge in [0.25, 0.3) is 0 Å². The summed E-state index contributed by atoms with van der Waals surface area (Å²) < 4.78 is 11.4. The molecule has 1 atom stereocenters. The number of piperidine rings is 1. The third-order valence-corrected chi connectivity index (χ3v) is 3.02. The van der Waals surface area contributed by atoms with Crippen LogP contribution in [0.5, 0.6) is 5.75 Å². The topological polar surface area (TPSA) is 47.3 Å². The van der Waals surface area contributed by atoms with Gasteiger partial charge in [-0.05, 0) is 31.5 Å². The molecule has 1 aliphatic rings. The third kappa shape index (κ3) is 2.26. The fourth-order valence-electron chi connectivity index (χ4n) is 2.21. The monoisotopic (exact) mass is 232 g/mol. The molecule has 4 heteroatoms. The molecule has 1 unspecified atom stereocenters. The Morgan fingerprint density at radius 2 is 2.41 bits per heavy atom. The zero-order chi connectivity index (χ0) is 11.7. The predicted octanol–water partition coefficient (Wildman–Crippen LogP) is 2.27. The van der Waals surface area contributed by atoms with Crippen molar-refractivity contribution in [2.75, 3.05) is 13.1 Å². The lowest BCUT2D eigenvalue weighted by Gasteiger charge is -2.23. The molecule has 0 bridgehead atoms. The standard InChI is InChI=1S/C13H16N2O2/c1-9-15-12-7-10(4-5-13(12)16-9)17-11-3-2-6-14-8-11/h4-5,7,11,14H,2-3,6,8H2,1H3. The number of rotatable bonds is 2. The van der Waals surface area contributed by atoms with Gasteiger partial charge in [0.15, 0.2) is 11.5 Å². The Hall–Kier alpha value is -1.55. The number of oxazole rings is 1. The molecule has 1 saturated heterocycles. The molecule has 0 amide bonds. The highest BCUT2D eigenvalue weighted by Crippen LogP contribution is 2.23. The van der Waals surface area contributed by atoms with Gasteiger partial charge in [0.1, 0.15) is 17.4 Å². The molecule has 2 heterocycles. The highest BCUT2D eigenvalue weighted by Gasteiger charge is 2.14. The smallest absolute Gasteiger partial charge is 0.192 e. The maximum absolute atomic E-state index is 5.93. The average molecular weight is 232 g/mol. The van der Waals surface area contributed by atoms with Crippen molar-refractivity contribution in [1.29, 1.82) is 0 Å². The number of hydrogen-bond acceptors (Lipinski definition) is 4. The molecule has 0 spiro atoms. The Morgan fingerprint density at radius 1 is 1.47 bits per heavy atom. The fourth-order valence-corrected chi connectivity index (χ4v) is 2.21. The second kappa shape index (κ2) is 4.37. The number of hydrogen-bond donors (Lipinski definition) is 1. The van der Waals surface area contributed by atoms with Gasteiger partial charge in [-0.25, -0.2) is 4.98 Å². The first-order valence-electron chi connectivity index (χ1n) is 6.06. The average Bonchev–Trinajstić information content (AvgIpc) is 2.70. The van der Waals surface area contributed by atoms with Crippen molar-refractivity contribution in [3.63, 3.8) is 0 Å². The minimum atomic E-state index is 0.272. The quantitative estimate of drug-likeness (QED) is 0.862. The Morgan fingerprint density at radius 3 is 3.24 bits per heavy atom. The van der Waals surface area contributed by atoms with Crippen LogP contribution in [0.25, 0.3) is 11.1 Å². The largest absolute Gasteiger partial charge is 0.489 e. The van der Waals surface area contributed by atoms with E-state index in [1.54, 1.807) is 0 Å². The lowest BCUT2D eigenvalue weighted by molar-refractivity contribution is 0.167. The van der Waals surface area contributed by atoms with Crippen LogP contribution in [0.3, 0.4) is 0 Å². The van der Waals surface area contributed by atoms with Crippen LogP contribution in [0, 0.1) is 6.92 Å². The molecule has 1 aromatic heterocycles. The Kier molecular flexibility index (Phi) is 2.73. The normalized spacial score (nSPS) is 20.6.